The third-order valence-electron chi connectivity index (χ3n) is 5.76. The summed E-state index contributed by atoms with van der Waals surface area (Å²) in [6.07, 6.45) is 2.76. The van der Waals surface area contributed by atoms with Crippen LogP contribution in [-0.2, 0) is 27.8 Å². The van der Waals surface area contributed by atoms with Crippen LogP contribution in [0.2, 0.25) is 5.02 Å². The second kappa shape index (κ2) is 8.84. The van der Waals surface area contributed by atoms with E-state index in [2.05, 4.69) is 15.0 Å². The molecule has 174 valence electrons. The van der Waals surface area contributed by atoms with Crippen LogP contribution in [0.1, 0.15) is 10.4 Å². The third kappa shape index (κ3) is 4.71. The van der Waals surface area contributed by atoms with E-state index in [0.717, 1.165) is 51.1 Å². The first-order chi connectivity index (χ1) is 15.8. The number of halogens is 1. The summed E-state index contributed by atoms with van der Waals surface area (Å²) in [7, 11) is -3.30. The van der Waals surface area contributed by atoms with Gasteiger partial charge in [-0.15, -0.1) is 11.3 Å². The van der Waals surface area contributed by atoms with Crippen LogP contribution in [0.4, 0.5) is 0 Å². The van der Waals surface area contributed by atoms with E-state index in [-0.39, 0.29) is 12.5 Å². The number of thiophene rings is 1. The van der Waals surface area contributed by atoms with Crippen LogP contribution in [0, 0.1) is 0 Å². The smallest absolute Gasteiger partial charge is 0.264 e. The molecule has 3 aromatic rings. The first-order valence-corrected chi connectivity index (χ1v) is 13.7. The van der Waals surface area contributed by atoms with Gasteiger partial charge in [0.15, 0.2) is 6.10 Å². The zero-order valence-corrected chi connectivity index (χ0v) is 20.3. The number of sulfonamides is 1. The van der Waals surface area contributed by atoms with Gasteiger partial charge in [0.25, 0.3) is 5.91 Å². The summed E-state index contributed by atoms with van der Waals surface area (Å²) in [6, 6.07) is 7.48. The lowest BCUT2D eigenvalue weighted by Gasteiger charge is -2.29. The molecule has 0 bridgehead atoms. The maximum absolute atomic E-state index is 13.0. The number of carbonyl (C=O) groups excluding carboxylic acids is 1. The molecule has 33 heavy (non-hydrogen) atoms. The van der Waals surface area contributed by atoms with Crippen LogP contribution < -0.4 is 14.8 Å². The largest absolute Gasteiger partial charge is 0.479 e. The fraction of sp³-hybridized carbons (Fsp3) is 0.364. The van der Waals surface area contributed by atoms with Crippen molar-refractivity contribution in [3.8, 4) is 16.9 Å². The van der Waals surface area contributed by atoms with E-state index >= 15 is 0 Å². The second-order valence-corrected chi connectivity index (χ2v) is 11.6. The van der Waals surface area contributed by atoms with Crippen molar-refractivity contribution in [1.82, 2.24) is 19.9 Å². The van der Waals surface area contributed by atoms with E-state index in [1.165, 1.54) is 11.3 Å². The van der Waals surface area contributed by atoms with Crippen LogP contribution in [0.25, 0.3) is 21.3 Å². The van der Waals surface area contributed by atoms with Crippen LogP contribution in [-0.4, -0.2) is 62.7 Å². The number of fused-ring (bicyclic) bond motifs is 2. The highest BCUT2D eigenvalue weighted by atomic mass is 35.5. The van der Waals surface area contributed by atoms with Crippen LogP contribution >= 0.6 is 22.9 Å². The zero-order chi connectivity index (χ0) is 23.2. The molecule has 1 fully saturated rings. The Morgan fingerprint density at radius 1 is 1.30 bits per heavy atom. The van der Waals surface area contributed by atoms with Crippen molar-refractivity contribution in [2.75, 3.05) is 32.4 Å². The summed E-state index contributed by atoms with van der Waals surface area (Å²) in [5.74, 6) is 0.671. The molecule has 2 aliphatic rings. The number of aromatic nitrogens is 1. The summed E-state index contributed by atoms with van der Waals surface area (Å²) >= 11 is 7.93. The number of carbonyl (C=O) groups is 1. The first kappa shape index (κ1) is 22.5. The lowest BCUT2D eigenvalue weighted by atomic mass is 10.0. The summed E-state index contributed by atoms with van der Waals surface area (Å²) in [6.45, 7) is 3.11. The van der Waals surface area contributed by atoms with E-state index in [0.29, 0.717) is 30.3 Å². The SMILES string of the molecule is CS(=O)(=O)NCc1cc2nccc(-c3cc(Cl)cc4c3O[C@@H](C(=O)N3CCNCC3)C4)c2s1. The molecule has 2 N–H and O–H groups in total. The van der Waals surface area contributed by atoms with Gasteiger partial charge in [0.05, 0.1) is 16.5 Å². The number of nitrogens with zero attached hydrogens (tertiary/aromatic N) is 2. The van der Waals surface area contributed by atoms with Crippen LogP contribution in [0.3, 0.4) is 0 Å². The Morgan fingerprint density at radius 2 is 2.09 bits per heavy atom. The molecular formula is C22H23ClN4O4S2. The molecule has 11 heteroatoms. The van der Waals surface area contributed by atoms with Gasteiger partial charge in [-0.2, -0.15) is 0 Å². The van der Waals surface area contributed by atoms with Gasteiger partial charge < -0.3 is 15.0 Å². The molecule has 0 aliphatic carbocycles. The van der Waals surface area contributed by atoms with Gasteiger partial charge in [-0.3, -0.25) is 9.78 Å². The predicted octanol–water partition coefficient (Wildman–Crippen LogP) is 2.40. The van der Waals surface area contributed by atoms with Crippen LogP contribution in [0.15, 0.2) is 30.5 Å². The Bertz CT molecular complexity index is 1340. The van der Waals surface area contributed by atoms with Crippen molar-refractivity contribution in [1.29, 1.82) is 0 Å². The molecule has 4 heterocycles. The fourth-order valence-corrected chi connectivity index (χ4v) is 6.07. The van der Waals surface area contributed by atoms with Gasteiger partial charge in [-0.05, 0) is 24.3 Å². The molecule has 1 aromatic carbocycles. The number of pyridine rings is 1. The summed E-state index contributed by atoms with van der Waals surface area (Å²) in [5.41, 5.74) is 3.38. The quantitative estimate of drug-likeness (QED) is 0.551. The van der Waals surface area contributed by atoms with Crippen molar-refractivity contribution < 1.29 is 17.9 Å². The van der Waals surface area contributed by atoms with Crippen molar-refractivity contribution >= 4 is 49.1 Å². The van der Waals surface area contributed by atoms with E-state index in [1.54, 1.807) is 6.20 Å². The highest BCUT2D eigenvalue weighted by molar-refractivity contribution is 7.88. The minimum atomic E-state index is -3.30. The van der Waals surface area contributed by atoms with Crippen molar-refractivity contribution in [2.45, 2.75) is 19.1 Å². The van der Waals surface area contributed by atoms with Gasteiger partial charge in [-0.1, -0.05) is 11.6 Å². The van der Waals surface area contributed by atoms with Crippen LogP contribution in [0.5, 0.6) is 5.75 Å². The standard InChI is InChI=1S/C22H23ClN4O4S2/c1-33(29,30)26-12-15-11-18-21(32-15)16(2-3-25-18)17-10-14(23)8-13-9-19(31-20(13)17)22(28)27-6-4-24-5-7-27/h2-3,8,10-11,19,24,26H,4-7,9,12H2,1H3/t19-/m1/s1. The molecule has 1 atom stereocenters. The molecule has 0 spiro atoms. The molecular weight excluding hydrogens is 484 g/mol. The molecule has 1 saturated heterocycles. The Hall–Kier alpha value is -2.24. The number of amides is 1. The summed E-state index contributed by atoms with van der Waals surface area (Å²) in [5, 5.41) is 3.83. The number of nitrogens with one attached hydrogen (secondary N) is 2. The maximum Gasteiger partial charge on any atom is 0.264 e. The van der Waals surface area contributed by atoms with E-state index in [9.17, 15) is 13.2 Å². The molecule has 5 rings (SSSR count). The predicted molar refractivity (Wildman–Crippen MR) is 129 cm³/mol. The fourth-order valence-electron chi connectivity index (χ4n) is 4.24. The van der Waals surface area contributed by atoms with Gasteiger partial charge in [0, 0.05) is 71.9 Å². The van der Waals surface area contributed by atoms with Crippen molar-refractivity contribution in [2.24, 2.45) is 0 Å². The average Bonchev–Trinajstić information content (AvgIpc) is 3.40. The average molecular weight is 507 g/mol. The number of rotatable bonds is 5. The number of hydrogen-bond acceptors (Lipinski definition) is 7. The van der Waals surface area contributed by atoms with Gasteiger partial charge >= 0.3 is 0 Å². The summed E-state index contributed by atoms with van der Waals surface area (Å²) in [4.78, 5) is 20.2. The maximum atomic E-state index is 13.0. The second-order valence-electron chi connectivity index (χ2n) is 8.21. The van der Waals surface area contributed by atoms with E-state index in [4.69, 9.17) is 16.3 Å². The minimum absolute atomic E-state index is 0.0000862. The number of hydrogen-bond donors (Lipinski definition) is 2. The lowest BCUT2D eigenvalue weighted by Crippen LogP contribution is -2.50. The molecule has 2 aromatic heterocycles. The highest BCUT2D eigenvalue weighted by Crippen LogP contribution is 2.44. The highest BCUT2D eigenvalue weighted by Gasteiger charge is 2.35. The Morgan fingerprint density at radius 3 is 2.85 bits per heavy atom. The first-order valence-electron chi connectivity index (χ1n) is 10.6. The normalized spacial score (nSPS) is 18.4. The van der Waals surface area contributed by atoms with Crippen molar-refractivity contribution in [3.63, 3.8) is 0 Å². The third-order valence-corrected chi connectivity index (χ3v) is 7.81. The molecule has 0 saturated carbocycles. The Labute approximate surface area is 201 Å². The minimum Gasteiger partial charge on any atom is -0.479 e. The zero-order valence-electron chi connectivity index (χ0n) is 17.9. The number of benzene rings is 1. The molecule has 8 nitrogen and oxygen atoms in total. The Balaban J connectivity index is 1.49. The van der Waals surface area contributed by atoms with Gasteiger partial charge in [-0.25, -0.2) is 13.1 Å². The topological polar surface area (TPSA) is 101 Å². The summed E-state index contributed by atoms with van der Waals surface area (Å²) < 4.78 is 32.6. The molecule has 2 aliphatic heterocycles. The van der Waals surface area contributed by atoms with Gasteiger partial charge in [0.2, 0.25) is 10.0 Å². The molecule has 0 radical (unpaired) electrons. The van der Waals surface area contributed by atoms with E-state index in [1.807, 2.05) is 29.2 Å². The molecule has 1 amide bonds. The lowest BCUT2D eigenvalue weighted by molar-refractivity contribution is -0.138. The van der Waals surface area contributed by atoms with Gasteiger partial charge in [0.1, 0.15) is 5.75 Å². The molecule has 0 unspecified atom stereocenters. The van der Waals surface area contributed by atoms with E-state index < -0.39 is 16.1 Å². The Kier molecular flexibility index (Phi) is 6.04. The number of piperazine rings is 1. The van der Waals surface area contributed by atoms with Crippen molar-refractivity contribution in [3.05, 3.63) is 45.9 Å². The monoisotopic (exact) mass is 506 g/mol. The number of ether oxygens (including phenoxy) is 1.